The molecule has 2 fully saturated rings. The first-order chi connectivity index (χ1) is 20.2. The van der Waals surface area contributed by atoms with Crippen LogP contribution in [0.5, 0.6) is 5.75 Å². The van der Waals surface area contributed by atoms with E-state index in [9.17, 15) is 4.79 Å². The van der Waals surface area contributed by atoms with Crippen molar-refractivity contribution in [2.45, 2.75) is 77.9 Å². The third-order valence-corrected chi connectivity index (χ3v) is 9.01. The molecule has 3 aromatic carbocycles. The lowest BCUT2D eigenvalue weighted by molar-refractivity contribution is -0.189. The van der Waals surface area contributed by atoms with Crippen molar-refractivity contribution in [2.75, 3.05) is 19.8 Å². The van der Waals surface area contributed by atoms with Crippen molar-refractivity contribution in [2.24, 2.45) is 17.1 Å². The van der Waals surface area contributed by atoms with E-state index < -0.39 is 12.3 Å². The maximum absolute atomic E-state index is 14.1. The fourth-order valence-electron chi connectivity index (χ4n) is 6.73. The molecule has 222 valence electrons. The monoisotopic (exact) mass is 568 g/mol. The Balaban J connectivity index is 1.20. The smallest absolute Gasteiger partial charge is 0.240 e. The van der Waals surface area contributed by atoms with Crippen molar-refractivity contribution in [1.29, 1.82) is 0 Å². The lowest BCUT2D eigenvalue weighted by Crippen LogP contribution is -2.48. The van der Waals surface area contributed by atoms with Gasteiger partial charge in [0.2, 0.25) is 5.91 Å². The molecule has 6 rings (SSSR count). The van der Waals surface area contributed by atoms with Gasteiger partial charge >= 0.3 is 0 Å². The van der Waals surface area contributed by atoms with E-state index in [0.717, 1.165) is 40.5 Å². The molecule has 0 radical (unpaired) electrons. The minimum absolute atomic E-state index is 0.107. The number of fused-ring (bicyclic) bond motifs is 3. The first kappa shape index (κ1) is 28.9. The van der Waals surface area contributed by atoms with E-state index in [-0.39, 0.29) is 11.5 Å². The zero-order valence-corrected chi connectivity index (χ0v) is 25.4. The Hall–Kier alpha value is -3.19. The van der Waals surface area contributed by atoms with Gasteiger partial charge in [-0.2, -0.15) is 0 Å². The second-order valence-electron chi connectivity index (χ2n) is 13.1. The van der Waals surface area contributed by atoms with Crippen LogP contribution in [0.15, 0.2) is 77.9 Å². The molecule has 3 aliphatic carbocycles. The van der Waals surface area contributed by atoms with Gasteiger partial charge < -0.3 is 24.8 Å². The number of amides is 1. The summed E-state index contributed by atoms with van der Waals surface area (Å²) in [6.45, 7) is 10.5. The van der Waals surface area contributed by atoms with Crippen LogP contribution in [-0.2, 0) is 27.2 Å². The van der Waals surface area contributed by atoms with Crippen molar-refractivity contribution in [3.63, 3.8) is 0 Å². The molecule has 42 heavy (non-hydrogen) atoms. The normalized spacial score (nSPS) is 23.5. The van der Waals surface area contributed by atoms with Crippen LogP contribution in [0.3, 0.4) is 0 Å². The summed E-state index contributed by atoms with van der Waals surface area (Å²) in [5, 5.41) is 2.28. The average molecular weight is 569 g/mol. The Morgan fingerprint density at radius 2 is 1.76 bits per heavy atom. The number of hydrogen-bond donors (Lipinski definition) is 1. The number of nitrogens with two attached hydrogens (primary N) is 1. The number of carbonyl (C=O) groups is 1. The van der Waals surface area contributed by atoms with Crippen molar-refractivity contribution in [3.05, 3.63) is 89.0 Å². The molecule has 2 unspecified atom stereocenters. The van der Waals surface area contributed by atoms with Gasteiger partial charge in [0.15, 0.2) is 6.29 Å². The molecule has 0 aromatic heterocycles. The second-order valence-corrected chi connectivity index (χ2v) is 13.1. The van der Waals surface area contributed by atoms with E-state index >= 15 is 0 Å². The number of rotatable bonds is 14. The Kier molecular flexibility index (Phi) is 7.90. The van der Waals surface area contributed by atoms with Crippen LogP contribution in [0.2, 0.25) is 0 Å². The summed E-state index contributed by atoms with van der Waals surface area (Å²) in [7, 11) is 0. The van der Waals surface area contributed by atoms with Crippen LogP contribution in [0, 0.1) is 11.3 Å². The molecular formula is C36H44N2O4. The fourth-order valence-corrected chi connectivity index (χ4v) is 6.73. The number of hydrogen-bond acceptors (Lipinski definition) is 5. The molecular weight excluding hydrogens is 524 g/mol. The van der Waals surface area contributed by atoms with Gasteiger partial charge in [-0.05, 0) is 77.1 Å². The average Bonchev–Trinajstić information content (AvgIpc) is 3.84. The third-order valence-electron chi connectivity index (χ3n) is 9.01. The summed E-state index contributed by atoms with van der Waals surface area (Å²) in [4.78, 5) is 15.9. The van der Waals surface area contributed by atoms with Crippen molar-refractivity contribution in [3.8, 4) is 5.75 Å². The third kappa shape index (κ3) is 5.98. The second kappa shape index (κ2) is 11.5. The number of nitrogens with zero attached hydrogens (tertiary/aromatic N) is 1. The highest BCUT2D eigenvalue weighted by atomic mass is 16.7. The van der Waals surface area contributed by atoms with Crippen LogP contribution in [-0.4, -0.2) is 48.5 Å². The van der Waals surface area contributed by atoms with Gasteiger partial charge in [-0.3, -0.25) is 4.79 Å². The molecule has 3 aliphatic rings. The first-order valence-electron chi connectivity index (χ1n) is 15.4. The molecule has 0 heterocycles. The van der Waals surface area contributed by atoms with E-state index in [1.165, 1.54) is 12.0 Å². The van der Waals surface area contributed by atoms with E-state index in [1.807, 2.05) is 54.3 Å². The Morgan fingerprint density at radius 1 is 1.00 bits per heavy atom. The van der Waals surface area contributed by atoms with Crippen LogP contribution in [0.25, 0.3) is 10.8 Å². The van der Waals surface area contributed by atoms with Crippen LogP contribution < -0.4 is 10.5 Å². The molecule has 6 nitrogen and oxygen atoms in total. The van der Waals surface area contributed by atoms with E-state index in [2.05, 4.69) is 45.0 Å². The highest BCUT2D eigenvalue weighted by molar-refractivity contribution is 5.87. The number of allylic oxidation sites excluding steroid dienone is 1. The van der Waals surface area contributed by atoms with Gasteiger partial charge in [0.1, 0.15) is 5.75 Å². The molecule has 4 atom stereocenters. The zero-order chi connectivity index (χ0) is 29.5. The number of carbonyl (C=O) groups excluding carboxylic acids is 1. The Labute approximate surface area is 249 Å². The largest absolute Gasteiger partial charge is 0.493 e. The topological polar surface area (TPSA) is 74.0 Å². The van der Waals surface area contributed by atoms with Crippen molar-refractivity contribution >= 4 is 16.7 Å². The SMILES string of the molecule is CCOC(CN(Cc1cccc2ccccc12)C(=O)[C@@H](N)Cc1ccc(OCC(C)C)cc1)OC12CC1=C1C[C@@]1(C)C2. The predicted molar refractivity (Wildman–Crippen MR) is 166 cm³/mol. The first-order valence-corrected chi connectivity index (χ1v) is 15.4. The molecule has 3 aromatic rings. The minimum atomic E-state index is -0.695. The molecule has 2 N–H and O–H groups in total. The maximum Gasteiger partial charge on any atom is 0.240 e. The summed E-state index contributed by atoms with van der Waals surface area (Å²) in [6.07, 6.45) is 3.15. The Bertz CT molecular complexity index is 1480. The highest BCUT2D eigenvalue weighted by Crippen LogP contribution is 2.75. The lowest BCUT2D eigenvalue weighted by atomic mass is 10.0. The van der Waals surface area contributed by atoms with Gasteiger partial charge in [0.25, 0.3) is 0 Å². The zero-order valence-electron chi connectivity index (χ0n) is 25.4. The summed E-state index contributed by atoms with van der Waals surface area (Å²) in [6, 6.07) is 21.7. The van der Waals surface area contributed by atoms with E-state index in [4.69, 9.17) is 19.9 Å². The molecule has 0 bridgehead atoms. The van der Waals surface area contributed by atoms with Gasteiger partial charge in [0, 0.05) is 19.6 Å². The van der Waals surface area contributed by atoms with E-state index in [1.54, 1.807) is 5.57 Å². The molecule has 0 saturated heterocycles. The Morgan fingerprint density at radius 3 is 2.48 bits per heavy atom. The van der Waals surface area contributed by atoms with Crippen LogP contribution in [0.1, 0.15) is 58.1 Å². The predicted octanol–water partition coefficient (Wildman–Crippen LogP) is 6.41. The minimum Gasteiger partial charge on any atom is -0.493 e. The van der Waals surface area contributed by atoms with Gasteiger partial charge in [-0.25, -0.2) is 0 Å². The van der Waals surface area contributed by atoms with Gasteiger partial charge in [-0.1, -0.05) is 80.9 Å². The van der Waals surface area contributed by atoms with Crippen LogP contribution in [0.4, 0.5) is 0 Å². The molecule has 0 aliphatic heterocycles. The molecule has 6 heteroatoms. The van der Waals surface area contributed by atoms with Crippen LogP contribution >= 0.6 is 0 Å². The summed E-state index contributed by atoms with van der Waals surface area (Å²) in [5.74, 6) is 1.18. The van der Waals surface area contributed by atoms with Gasteiger partial charge in [-0.15, -0.1) is 0 Å². The molecule has 1 amide bonds. The molecule has 0 spiro atoms. The standard InChI is InChI=1S/C36H44N2O4/c1-5-40-33(42-36-19-31(36)30-18-35(30,4)23-36)21-38(20-27-11-8-10-26-9-6-7-12-29(26)27)34(39)32(37)17-25-13-15-28(16-14-25)41-22-24(2)3/h6-16,24,32-33H,5,17-23,37H2,1-4H3/t32-,33?,35-,36?/m0/s1. The quantitative estimate of drug-likeness (QED) is 0.180. The van der Waals surface area contributed by atoms with Crippen molar-refractivity contribution in [1.82, 2.24) is 4.90 Å². The maximum atomic E-state index is 14.1. The fraction of sp³-hybridized carbons (Fsp3) is 0.472. The summed E-state index contributed by atoms with van der Waals surface area (Å²) >= 11 is 0. The lowest BCUT2D eigenvalue weighted by Gasteiger charge is -2.32. The molecule has 2 saturated carbocycles. The highest BCUT2D eigenvalue weighted by Gasteiger charge is 2.69. The van der Waals surface area contributed by atoms with Gasteiger partial charge in [0.05, 0.1) is 24.8 Å². The summed E-state index contributed by atoms with van der Waals surface area (Å²) < 4.78 is 18.7. The number of ether oxygens (including phenoxy) is 3. The van der Waals surface area contributed by atoms with E-state index in [0.29, 0.717) is 44.1 Å². The van der Waals surface area contributed by atoms with Crippen molar-refractivity contribution < 1.29 is 19.0 Å². The summed E-state index contributed by atoms with van der Waals surface area (Å²) in [5.41, 5.74) is 11.9. The number of benzene rings is 3.